The number of carbonyl (C=O) groups is 1. The number of carbonyl (C=O) groups excluding carboxylic acids is 1. The van der Waals surface area contributed by atoms with Crippen molar-refractivity contribution < 1.29 is 47.5 Å². The van der Waals surface area contributed by atoms with Gasteiger partial charge < -0.3 is 50.1 Å². The number of hydrogen-bond donors (Lipinski definition) is 5. The van der Waals surface area contributed by atoms with E-state index in [2.05, 4.69) is 76.2 Å². The number of rotatable bonds is 12. The molecule has 1 heterocycles. The summed E-state index contributed by atoms with van der Waals surface area (Å²) in [5.74, 6) is 15.5. The van der Waals surface area contributed by atoms with Crippen LogP contribution in [0.3, 0.4) is 0 Å². The molecule has 0 amide bonds. The average Bonchev–Trinajstić information content (AvgIpc) is 1.36. The predicted octanol–water partition coefficient (Wildman–Crippen LogP) is 17.4. The van der Waals surface area contributed by atoms with Crippen molar-refractivity contribution in [3.8, 4) is 0 Å². The number of ketones is 1. The summed E-state index contributed by atoms with van der Waals surface area (Å²) in [6, 6.07) is 0. The fourth-order valence-corrected chi connectivity index (χ4v) is 27.7. The molecule has 12 aliphatic carbocycles. The third kappa shape index (κ3) is 17.0. The van der Waals surface area contributed by atoms with Crippen molar-refractivity contribution >= 4 is 28.8 Å². The predicted molar refractivity (Wildman–Crippen MR) is 388 cm³/mol. The van der Waals surface area contributed by atoms with Crippen molar-refractivity contribution in [3.05, 3.63) is 7.43 Å². The second kappa shape index (κ2) is 30.7. The third-order valence-electron chi connectivity index (χ3n) is 33.1. The smallest absolute Gasteiger partial charge is 1.00 e. The first-order valence-corrected chi connectivity index (χ1v) is 40.0. The molecule has 94 heavy (non-hydrogen) atoms. The van der Waals surface area contributed by atoms with Crippen molar-refractivity contribution in [2.75, 3.05) is 13.2 Å². The van der Waals surface area contributed by atoms with Crippen molar-refractivity contribution in [2.24, 2.45) is 139 Å². The number of aliphatic hydroxyl groups is 5. The Bertz CT molecular complexity index is 2310. The zero-order chi connectivity index (χ0) is 66.3. The molecule has 0 bridgehead atoms. The van der Waals surface area contributed by atoms with Gasteiger partial charge in [0.05, 0.1) is 28.0 Å². The number of halogens is 1. The van der Waals surface area contributed by atoms with E-state index < -0.39 is 28.0 Å². The van der Waals surface area contributed by atoms with Crippen LogP contribution in [0.5, 0.6) is 0 Å². The van der Waals surface area contributed by atoms with Gasteiger partial charge in [0.1, 0.15) is 5.78 Å². The van der Waals surface area contributed by atoms with Crippen LogP contribution in [0.2, 0.25) is 0 Å². The van der Waals surface area contributed by atoms with E-state index >= 15 is 0 Å². The van der Waals surface area contributed by atoms with Crippen molar-refractivity contribution in [3.63, 3.8) is 0 Å². The van der Waals surface area contributed by atoms with Crippen LogP contribution in [-0.2, 0) is 9.53 Å². The zero-order valence-electron chi connectivity index (χ0n) is 64.7. The minimum absolute atomic E-state index is 0. The molecule has 0 radical (unpaired) electrons. The third-order valence-corrected chi connectivity index (χ3v) is 33.1. The Morgan fingerprint density at radius 3 is 1.01 bits per heavy atom. The molecule has 5 N–H and O–H groups in total. The molecule has 9 heteroatoms. The maximum atomic E-state index is 12.1. The Kier molecular flexibility index (Phi) is 26.7. The fraction of sp³-hybridized carbons (Fsp3) is 0.976. The van der Waals surface area contributed by atoms with Crippen molar-refractivity contribution in [2.45, 2.75) is 370 Å². The van der Waals surface area contributed by atoms with Gasteiger partial charge in [-0.05, 0) is 406 Å². The Morgan fingerprint density at radius 2 is 0.713 bits per heavy atom. The molecule has 12 saturated carbocycles. The van der Waals surface area contributed by atoms with Gasteiger partial charge in [-0.3, -0.25) is 4.79 Å². The number of ether oxygens (including phenoxy) is 1. The topological polar surface area (TPSA) is 127 Å². The van der Waals surface area contributed by atoms with E-state index in [4.69, 9.17) is 4.74 Å². The number of fused-ring (bicyclic) bond motifs is 15. The molecular weight excluding hydrogens is 1190 g/mol. The number of Topliss-reactive ketones (excluding diaryl/α,β-unsaturated/α-hetero) is 1. The molecule has 0 aromatic carbocycles. The Hall–Kier alpha value is 0.486. The van der Waals surface area contributed by atoms with Gasteiger partial charge in [-0.25, -0.2) is 0 Å². The van der Waals surface area contributed by atoms with Crippen LogP contribution in [-0.4, -0.2) is 95.6 Å². The Balaban J connectivity index is 0.000000189. The minimum Gasteiger partial charge on any atom is -1.00 e. The van der Waals surface area contributed by atoms with Gasteiger partial charge >= 0.3 is 23.1 Å². The first-order chi connectivity index (χ1) is 42.3. The maximum absolute atomic E-state index is 12.1. The Labute approximate surface area is 602 Å². The minimum atomic E-state index is -0.532. The monoisotopic (exact) mass is 1340 g/mol. The van der Waals surface area contributed by atoms with Gasteiger partial charge in [0.15, 0.2) is 0 Å². The second-order valence-electron chi connectivity index (χ2n) is 40.6. The second-order valence-corrected chi connectivity index (χ2v) is 40.6. The molecule has 9 unspecified atom stereocenters. The van der Waals surface area contributed by atoms with E-state index in [9.17, 15) is 30.3 Å². The first-order valence-electron chi connectivity index (χ1n) is 40.0. The van der Waals surface area contributed by atoms with E-state index in [1.807, 2.05) is 41.5 Å². The summed E-state index contributed by atoms with van der Waals surface area (Å²) in [6.45, 7) is 41.0. The molecule has 542 valence electrons. The zero-order valence-corrected chi connectivity index (χ0v) is 66.9. The van der Waals surface area contributed by atoms with Crippen LogP contribution < -0.4 is 12.4 Å². The van der Waals surface area contributed by atoms with E-state index in [0.29, 0.717) is 44.2 Å². The molecule has 1 saturated heterocycles. The van der Waals surface area contributed by atoms with Gasteiger partial charge in [-0.2, -0.15) is 0 Å². The van der Waals surface area contributed by atoms with Crippen LogP contribution in [0.25, 0.3) is 0 Å². The van der Waals surface area contributed by atoms with Gasteiger partial charge in [-0.1, -0.05) is 62.3 Å². The molecular formula is C85H151ClMgO7. The van der Waals surface area contributed by atoms with Crippen LogP contribution in [0.15, 0.2) is 0 Å². The SMILES string of the molecule is C1CCOC1.C[C@H](CCC(C)(C)O)[C@H]1CCC2C3CC[C@H]4CC(=O)CC[C@]4(C)C3CC[C@@]21C.C[C@H](CCC(C)(C)O)[C@H]1CCC2C3CC[C@H]4C[C@@](C)(O)CC[C@]4(C)C3CC[C@@]21C.C[C@H](CCC(C)(C)O)[C@H]1CCC2C3CC[C@H]4C[C@](C)(O)CC[C@]4(C)C3CC[C@@]21C.[CH3-].[Cl-].[Mg+2]. The molecule has 0 aromatic heterocycles. The molecule has 13 rings (SSSR count). The normalized spacial score (nSPS) is 46.9. The molecule has 13 aliphatic rings. The molecule has 1 aliphatic heterocycles. The van der Waals surface area contributed by atoms with E-state index in [0.717, 1.165) is 184 Å². The Morgan fingerprint density at radius 1 is 0.415 bits per heavy atom. The van der Waals surface area contributed by atoms with Crippen molar-refractivity contribution in [1.82, 2.24) is 0 Å². The fourth-order valence-electron chi connectivity index (χ4n) is 27.7. The van der Waals surface area contributed by atoms with Crippen LogP contribution in [0.1, 0.15) is 342 Å². The van der Waals surface area contributed by atoms with Crippen LogP contribution in [0, 0.1) is 146 Å². The molecule has 0 aromatic rings. The van der Waals surface area contributed by atoms with E-state index in [1.165, 1.54) is 154 Å². The summed E-state index contributed by atoms with van der Waals surface area (Å²) in [5, 5.41) is 52.0. The standard InChI is InChI=1S/2C27H48O2.C26H44O2.C4H8O.CH3.ClH.Mg/c2*1-18(11-13-24(2,3)28)21-9-10-22-20-8-7-19-17-25(4,29)15-16-26(19,5)23(20)12-14-27(21,22)6;1-17(10-13-24(2,3)28)21-8-9-22-20-7-6-18-16-19(27)11-14-25(18,4)23(20)12-15-26(21,22)5;1-2-4-5-3-1;;;/h2*18-23,28-29H,7-17H2,1-6H3;17-18,20-23,28H,6-16H2,1-5H3;1-4H2;1H3;1H;/q;;;;-1;;+2/p-1/t18-,19+,20?,21-,22?,23?,25+,26+,27-;18-,19+,20?,21-,22?,23?,25-,26+,27-;17-,18+,20?,21-,22?,23?,25+,26-;;;;/m111..../s1. The maximum Gasteiger partial charge on any atom is 2.00 e. The van der Waals surface area contributed by atoms with E-state index in [-0.39, 0.29) is 42.9 Å². The van der Waals surface area contributed by atoms with Gasteiger partial charge in [0.2, 0.25) is 0 Å². The molecule has 7 nitrogen and oxygen atoms in total. The van der Waals surface area contributed by atoms with Gasteiger partial charge in [0.25, 0.3) is 0 Å². The van der Waals surface area contributed by atoms with Crippen LogP contribution in [0.4, 0.5) is 0 Å². The molecule has 13 fully saturated rings. The summed E-state index contributed by atoms with van der Waals surface area (Å²) < 4.78 is 4.94. The van der Waals surface area contributed by atoms with Gasteiger partial charge in [0, 0.05) is 26.1 Å². The van der Waals surface area contributed by atoms with E-state index in [1.54, 1.807) is 0 Å². The molecule has 0 spiro atoms. The van der Waals surface area contributed by atoms with Gasteiger partial charge in [-0.15, -0.1) is 0 Å². The quantitative estimate of drug-likeness (QED) is 0.0973. The molecule has 26 atom stereocenters. The van der Waals surface area contributed by atoms with Crippen molar-refractivity contribution in [1.29, 1.82) is 0 Å². The summed E-state index contributed by atoms with van der Waals surface area (Å²) in [7, 11) is 0. The first kappa shape index (κ1) is 81.8. The summed E-state index contributed by atoms with van der Waals surface area (Å²) >= 11 is 0. The summed E-state index contributed by atoms with van der Waals surface area (Å²) in [5.41, 5.74) is 0.483. The summed E-state index contributed by atoms with van der Waals surface area (Å²) in [4.78, 5) is 12.1. The summed E-state index contributed by atoms with van der Waals surface area (Å²) in [6.07, 6.45) is 43.4. The largest absolute Gasteiger partial charge is 2.00 e. The number of hydrogen-bond acceptors (Lipinski definition) is 7. The van der Waals surface area contributed by atoms with Crippen LogP contribution >= 0.6 is 0 Å². The average molecular weight is 1340 g/mol.